The van der Waals surface area contributed by atoms with E-state index < -0.39 is 22.8 Å². The van der Waals surface area contributed by atoms with E-state index in [9.17, 15) is 14.4 Å². The number of hydrogen-bond donors (Lipinski definition) is 2. The van der Waals surface area contributed by atoms with E-state index in [1.165, 1.54) is 0 Å². The highest BCUT2D eigenvalue weighted by Gasteiger charge is 2.11. The second kappa shape index (κ2) is 4.66. The number of aromatic carboxylic acids is 1. The number of aromatic nitrogens is 3. The molecule has 2 aromatic rings. The van der Waals surface area contributed by atoms with Crippen LogP contribution in [-0.4, -0.2) is 25.6 Å². The molecule has 7 heteroatoms. The van der Waals surface area contributed by atoms with Crippen molar-refractivity contribution in [3.8, 4) is 0 Å². The highest BCUT2D eigenvalue weighted by Crippen LogP contribution is 1.96. The molecule has 0 fully saturated rings. The van der Waals surface area contributed by atoms with Crippen molar-refractivity contribution >= 4 is 5.97 Å². The number of pyridine rings is 1. The summed E-state index contributed by atoms with van der Waals surface area (Å²) >= 11 is 0. The van der Waals surface area contributed by atoms with E-state index in [4.69, 9.17) is 5.11 Å². The fourth-order valence-corrected chi connectivity index (χ4v) is 1.45. The fraction of sp³-hybridized carbons (Fsp3) is 0.0909. The molecule has 0 bridgehead atoms. The smallest absolute Gasteiger partial charge is 0.342 e. The molecule has 2 heterocycles. The molecule has 2 N–H and O–H groups in total. The minimum absolute atomic E-state index is 0.0940. The maximum absolute atomic E-state index is 11.5. The van der Waals surface area contributed by atoms with E-state index in [1.807, 2.05) is 4.98 Å². The Morgan fingerprint density at radius 2 is 2.17 bits per heavy atom. The number of hydrogen-bond acceptors (Lipinski definition) is 4. The Balaban J connectivity index is 2.46. The molecule has 92 valence electrons. The van der Waals surface area contributed by atoms with Gasteiger partial charge in [-0.25, -0.2) is 9.59 Å². The Kier molecular flexibility index (Phi) is 3.05. The van der Waals surface area contributed by atoms with Gasteiger partial charge < -0.3 is 5.11 Å². The number of nitrogens with one attached hydrogen (secondary N) is 1. The molecular weight excluding hydrogens is 238 g/mol. The van der Waals surface area contributed by atoms with Crippen LogP contribution in [0.2, 0.25) is 0 Å². The third kappa shape index (κ3) is 2.34. The van der Waals surface area contributed by atoms with E-state index in [2.05, 4.69) is 4.98 Å². The van der Waals surface area contributed by atoms with Crippen LogP contribution in [0.5, 0.6) is 0 Å². The summed E-state index contributed by atoms with van der Waals surface area (Å²) in [6.07, 6.45) is 2.57. The summed E-state index contributed by atoms with van der Waals surface area (Å²) in [7, 11) is 0. The lowest BCUT2D eigenvalue weighted by molar-refractivity contribution is 0.0693. The molecule has 0 aliphatic carbocycles. The zero-order valence-electron chi connectivity index (χ0n) is 9.16. The molecule has 18 heavy (non-hydrogen) atoms. The molecule has 0 saturated carbocycles. The molecule has 0 aliphatic rings. The molecule has 0 spiro atoms. The highest BCUT2D eigenvalue weighted by molar-refractivity contribution is 5.86. The first-order valence-electron chi connectivity index (χ1n) is 5.05. The van der Waals surface area contributed by atoms with Crippen LogP contribution < -0.4 is 11.2 Å². The van der Waals surface area contributed by atoms with Gasteiger partial charge in [-0.05, 0) is 12.1 Å². The molecule has 0 unspecified atom stereocenters. The lowest BCUT2D eigenvalue weighted by Gasteiger charge is -2.05. The maximum Gasteiger partial charge on any atom is 0.342 e. The van der Waals surface area contributed by atoms with Gasteiger partial charge in [0.05, 0.1) is 12.2 Å². The standard InChI is InChI=1S/C11H9N3O4/c15-9-8(10(16)17)6-14(11(18)13-9)5-7-3-1-2-4-12-7/h1-4,6H,5H2,(H,16,17)(H,13,15,18). The minimum atomic E-state index is -1.38. The van der Waals surface area contributed by atoms with Gasteiger partial charge in [0, 0.05) is 12.4 Å². The molecule has 2 aromatic heterocycles. The molecule has 0 atom stereocenters. The fourth-order valence-electron chi connectivity index (χ4n) is 1.45. The SMILES string of the molecule is O=C(O)c1cn(Cc2ccccn2)c(=O)[nH]c1=O. The zero-order chi connectivity index (χ0) is 13.1. The van der Waals surface area contributed by atoms with Crippen molar-refractivity contribution in [3.63, 3.8) is 0 Å². The van der Waals surface area contributed by atoms with Crippen molar-refractivity contribution in [3.05, 3.63) is 62.7 Å². The Bertz CT molecular complexity index is 687. The predicted octanol–water partition coefficient (Wildman–Crippen LogP) is -0.322. The van der Waals surface area contributed by atoms with E-state index in [-0.39, 0.29) is 6.54 Å². The van der Waals surface area contributed by atoms with E-state index >= 15 is 0 Å². The van der Waals surface area contributed by atoms with Gasteiger partial charge in [-0.15, -0.1) is 0 Å². The molecule has 0 saturated heterocycles. The molecule has 0 aromatic carbocycles. The van der Waals surface area contributed by atoms with Crippen molar-refractivity contribution in [1.29, 1.82) is 0 Å². The van der Waals surface area contributed by atoms with Crippen LogP contribution in [0.1, 0.15) is 16.1 Å². The van der Waals surface area contributed by atoms with Crippen LogP contribution >= 0.6 is 0 Å². The largest absolute Gasteiger partial charge is 0.477 e. The van der Waals surface area contributed by atoms with Crippen molar-refractivity contribution in [2.45, 2.75) is 6.54 Å². The molecule has 0 amide bonds. The summed E-state index contributed by atoms with van der Waals surface area (Å²) < 4.78 is 1.09. The van der Waals surface area contributed by atoms with Crippen LogP contribution in [0.25, 0.3) is 0 Å². The molecule has 0 aliphatic heterocycles. The monoisotopic (exact) mass is 247 g/mol. The average Bonchev–Trinajstić information content (AvgIpc) is 2.33. The molecule has 2 rings (SSSR count). The number of H-pyrrole nitrogens is 1. The lowest BCUT2D eigenvalue weighted by Crippen LogP contribution is -2.33. The summed E-state index contributed by atoms with van der Waals surface area (Å²) in [5.41, 5.74) is -1.48. The van der Waals surface area contributed by atoms with Gasteiger partial charge in [0.15, 0.2) is 0 Å². The van der Waals surface area contributed by atoms with E-state index in [0.29, 0.717) is 5.69 Å². The average molecular weight is 247 g/mol. The number of aromatic amines is 1. The highest BCUT2D eigenvalue weighted by atomic mass is 16.4. The Morgan fingerprint density at radius 1 is 1.39 bits per heavy atom. The number of rotatable bonds is 3. The topological polar surface area (TPSA) is 105 Å². The van der Waals surface area contributed by atoms with E-state index in [0.717, 1.165) is 10.8 Å². The normalized spacial score (nSPS) is 10.2. The summed E-state index contributed by atoms with van der Waals surface area (Å²) in [5, 5.41) is 8.80. The van der Waals surface area contributed by atoms with Crippen LogP contribution in [0.15, 0.2) is 40.2 Å². The molecular formula is C11H9N3O4. The van der Waals surface area contributed by atoms with E-state index in [1.54, 1.807) is 24.4 Å². The molecule has 7 nitrogen and oxygen atoms in total. The third-order valence-electron chi connectivity index (χ3n) is 2.30. The van der Waals surface area contributed by atoms with Gasteiger partial charge >= 0.3 is 11.7 Å². The van der Waals surface area contributed by atoms with Gasteiger partial charge in [0.1, 0.15) is 5.56 Å². The first-order valence-corrected chi connectivity index (χ1v) is 5.05. The van der Waals surface area contributed by atoms with Gasteiger partial charge in [0.25, 0.3) is 5.56 Å². The first-order chi connectivity index (χ1) is 8.58. The van der Waals surface area contributed by atoms with Crippen LogP contribution in [0.3, 0.4) is 0 Å². The predicted molar refractivity (Wildman–Crippen MR) is 61.6 cm³/mol. The van der Waals surface area contributed by atoms with Crippen molar-refractivity contribution in [1.82, 2.24) is 14.5 Å². The Hall–Kier alpha value is -2.70. The van der Waals surface area contributed by atoms with Gasteiger partial charge in [-0.1, -0.05) is 6.07 Å². The summed E-state index contributed by atoms with van der Waals surface area (Å²) in [6.45, 7) is 0.0940. The lowest BCUT2D eigenvalue weighted by atomic mass is 10.3. The zero-order valence-corrected chi connectivity index (χ0v) is 9.16. The van der Waals surface area contributed by atoms with Gasteiger partial charge in [-0.2, -0.15) is 0 Å². The quantitative estimate of drug-likeness (QED) is 0.773. The number of nitrogens with zero attached hydrogens (tertiary/aromatic N) is 2. The second-order valence-corrected chi connectivity index (χ2v) is 3.56. The second-order valence-electron chi connectivity index (χ2n) is 3.56. The number of carboxylic acid groups (broad SMARTS) is 1. The van der Waals surface area contributed by atoms with Gasteiger partial charge in [0.2, 0.25) is 0 Å². The summed E-state index contributed by atoms with van der Waals surface area (Å²) in [5.74, 6) is -1.38. The van der Waals surface area contributed by atoms with Crippen molar-refractivity contribution in [2.75, 3.05) is 0 Å². The van der Waals surface area contributed by atoms with Crippen molar-refractivity contribution < 1.29 is 9.90 Å². The third-order valence-corrected chi connectivity index (χ3v) is 2.30. The van der Waals surface area contributed by atoms with Gasteiger partial charge in [-0.3, -0.25) is 19.3 Å². The Labute approximate surface area is 100 Å². The van der Waals surface area contributed by atoms with Crippen LogP contribution in [0, 0.1) is 0 Å². The van der Waals surface area contributed by atoms with Crippen LogP contribution in [-0.2, 0) is 6.54 Å². The number of carbonyl (C=O) groups is 1. The van der Waals surface area contributed by atoms with Crippen LogP contribution in [0.4, 0.5) is 0 Å². The number of carboxylic acids is 1. The van der Waals surface area contributed by atoms with Crippen molar-refractivity contribution in [2.24, 2.45) is 0 Å². The summed E-state index contributed by atoms with van der Waals surface area (Å²) in [6, 6.07) is 5.16. The molecule has 0 radical (unpaired) electrons. The summed E-state index contributed by atoms with van der Waals surface area (Å²) in [4.78, 5) is 39.5. The first kappa shape index (κ1) is 11.8. The minimum Gasteiger partial charge on any atom is -0.477 e. The Morgan fingerprint density at radius 3 is 2.78 bits per heavy atom. The maximum atomic E-state index is 11.5.